The Morgan fingerprint density at radius 1 is 1.53 bits per heavy atom. The summed E-state index contributed by atoms with van der Waals surface area (Å²) in [6, 6.07) is 0. The second-order valence-electron chi connectivity index (χ2n) is 3.92. The first-order valence-electron chi connectivity index (χ1n) is 5.75. The zero-order valence-electron chi connectivity index (χ0n) is 10.3. The fraction of sp³-hybridized carbons (Fsp3) is 0.583. The summed E-state index contributed by atoms with van der Waals surface area (Å²) in [5, 5.41) is 0.479. The standard InChI is InChI=1S/C12H18N2O2S/c1-4-6-7-9-10(15)13-12(17-8-5-2)14(3)11(9)16/h5,9H,2,4,6-8H2,1,3H3/t9-/m0/s1. The zero-order valence-corrected chi connectivity index (χ0v) is 11.1. The van der Waals surface area contributed by atoms with Crippen LogP contribution in [0.4, 0.5) is 0 Å². The maximum atomic E-state index is 12.0. The van der Waals surface area contributed by atoms with Crippen molar-refractivity contribution >= 4 is 28.7 Å². The third-order valence-corrected chi connectivity index (χ3v) is 3.62. The molecule has 94 valence electrons. The normalized spacial score (nSPS) is 20.5. The van der Waals surface area contributed by atoms with Crippen LogP contribution in [0.5, 0.6) is 0 Å². The maximum Gasteiger partial charge on any atom is 0.260 e. The summed E-state index contributed by atoms with van der Waals surface area (Å²) in [5.74, 6) is -0.366. The van der Waals surface area contributed by atoms with E-state index < -0.39 is 5.92 Å². The highest BCUT2D eigenvalue weighted by atomic mass is 32.2. The number of nitrogens with zero attached hydrogens (tertiary/aromatic N) is 2. The number of unbranched alkanes of at least 4 members (excludes halogenated alkanes) is 1. The molecule has 0 spiro atoms. The number of amides is 2. The highest BCUT2D eigenvalue weighted by molar-refractivity contribution is 8.14. The highest BCUT2D eigenvalue weighted by Crippen LogP contribution is 2.22. The molecule has 0 aromatic carbocycles. The van der Waals surface area contributed by atoms with Crippen LogP contribution in [-0.4, -0.2) is 34.7 Å². The summed E-state index contributed by atoms with van der Waals surface area (Å²) in [4.78, 5) is 29.2. The molecule has 2 amide bonds. The Balaban J connectivity index is 2.77. The SMILES string of the molecule is C=CCSC1=NC(=O)[C@H](CCCC)C(=O)N1C. The van der Waals surface area contributed by atoms with Gasteiger partial charge in [-0.15, -0.1) is 6.58 Å². The number of amidine groups is 1. The predicted molar refractivity (Wildman–Crippen MR) is 70.9 cm³/mol. The molecule has 0 aromatic rings. The van der Waals surface area contributed by atoms with Gasteiger partial charge in [-0.25, -0.2) is 0 Å². The summed E-state index contributed by atoms with van der Waals surface area (Å²) < 4.78 is 0. The van der Waals surface area contributed by atoms with Crippen LogP contribution in [-0.2, 0) is 9.59 Å². The van der Waals surface area contributed by atoms with Gasteiger partial charge in [0, 0.05) is 12.8 Å². The van der Waals surface area contributed by atoms with Crippen molar-refractivity contribution in [2.75, 3.05) is 12.8 Å². The smallest absolute Gasteiger partial charge is 0.260 e. The maximum absolute atomic E-state index is 12.0. The second kappa shape index (κ2) is 6.59. The van der Waals surface area contributed by atoms with Gasteiger partial charge >= 0.3 is 0 Å². The topological polar surface area (TPSA) is 49.7 Å². The Morgan fingerprint density at radius 2 is 2.24 bits per heavy atom. The highest BCUT2D eigenvalue weighted by Gasteiger charge is 2.35. The summed E-state index contributed by atoms with van der Waals surface area (Å²) in [6.45, 7) is 5.64. The van der Waals surface area contributed by atoms with Crippen molar-refractivity contribution in [2.24, 2.45) is 10.9 Å². The monoisotopic (exact) mass is 254 g/mol. The molecule has 1 atom stereocenters. The summed E-state index contributed by atoms with van der Waals surface area (Å²) in [7, 11) is 1.67. The van der Waals surface area contributed by atoms with Crippen LogP contribution < -0.4 is 0 Å². The molecule has 1 aliphatic rings. The molecule has 4 nitrogen and oxygen atoms in total. The lowest BCUT2D eigenvalue weighted by Gasteiger charge is -2.26. The van der Waals surface area contributed by atoms with Gasteiger partial charge in [-0.3, -0.25) is 14.5 Å². The fourth-order valence-electron chi connectivity index (χ4n) is 1.60. The van der Waals surface area contributed by atoms with E-state index >= 15 is 0 Å². The molecular weight excluding hydrogens is 236 g/mol. The van der Waals surface area contributed by atoms with Crippen LogP contribution in [0.15, 0.2) is 17.6 Å². The largest absolute Gasteiger partial charge is 0.294 e. The Kier molecular flexibility index (Phi) is 5.41. The van der Waals surface area contributed by atoms with E-state index in [4.69, 9.17) is 0 Å². The van der Waals surface area contributed by atoms with E-state index in [1.165, 1.54) is 16.7 Å². The van der Waals surface area contributed by atoms with Crippen LogP contribution in [0.3, 0.4) is 0 Å². The van der Waals surface area contributed by atoms with Gasteiger partial charge in [0.05, 0.1) is 0 Å². The zero-order chi connectivity index (χ0) is 12.8. The van der Waals surface area contributed by atoms with Gasteiger partial charge in [0.15, 0.2) is 5.17 Å². The molecule has 0 bridgehead atoms. The van der Waals surface area contributed by atoms with Crippen molar-refractivity contribution < 1.29 is 9.59 Å². The number of hydrogen-bond donors (Lipinski definition) is 0. The Morgan fingerprint density at radius 3 is 2.82 bits per heavy atom. The van der Waals surface area contributed by atoms with E-state index in [1.807, 2.05) is 6.92 Å². The van der Waals surface area contributed by atoms with Crippen molar-refractivity contribution in [3.05, 3.63) is 12.7 Å². The van der Waals surface area contributed by atoms with Crippen molar-refractivity contribution in [3.63, 3.8) is 0 Å². The van der Waals surface area contributed by atoms with Crippen LogP contribution in [0.2, 0.25) is 0 Å². The van der Waals surface area contributed by atoms with E-state index in [2.05, 4.69) is 11.6 Å². The summed E-state index contributed by atoms with van der Waals surface area (Å²) in [5.41, 5.74) is 0. The lowest BCUT2D eigenvalue weighted by molar-refractivity contribution is -0.138. The molecule has 1 aliphatic heterocycles. The third kappa shape index (κ3) is 3.43. The van der Waals surface area contributed by atoms with Gasteiger partial charge < -0.3 is 0 Å². The predicted octanol–water partition coefficient (Wildman–Crippen LogP) is 2.07. The molecule has 0 saturated heterocycles. The fourth-order valence-corrected chi connectivity index (χ4v) is 2.30. The van der Waals surface area contributed by atoms with Crippen molar-refractivity contribution in [3.8, 4) is 0 Å². The average Bonchev–Trinajstić information content (AvgIpc) is 2.32. The van der Waals surface area contributed by atoms with E-state index in [1.54, 1.807) is 13.1 Å². The molecule has 17 heavy (non-hydrogen) atoms. The van der Waals surface area contributed by atoms with Gasteiger partial charge in [0.1, 0.15) is 5.92 Å². The van der Waals surface area contributed by atoms with E-state index in [0.717, 1.165) is 12.8 Å². The van der Waals surface area contributed by atoms with Crippen LogP contribution in [0.25, 0.3) is 0 Å². The van der Waals surface area contributed by atoms with Crippen LogP contribution >= 0.6 is 11.8 Å². The van der Waals surface area contributed by atoms with Crippen LogP contribution in [0, 0.1) is 5.92 Å². The Hall–Kier alpha value is -1.10. The van der Waals surface area contributed by atoms with Gasteiger partial charge in [-0.05, 0) is 6.42 Å². The van der Waals surface area contributed by atoms with Crippen molar-refractivity contribution in [2.45, 2.75) is 26.2 Å². The molecule has 0 saturated carbocycles. The third-order valence-electron chi connectivity index (χ3n) is 2.60. The molecule has 0 aliphatic carbocycles. The number of carbonyl (C=O) groups is 2. The van der Waals surface area contributed by atoms with E-state index in [-0.39, 0.29) is 11.8 Å². The second-order valence-corrected chi connectivity index (χ2v) is 4.91. The molecule has 1 heterocycles. The Labute approximate surface area is 106 Å². The molecule has 0 fully saturated rings. The van der Waals surface area contributed by atoms with Crippen molar-refractivity contribution in [1.29, 1.82) is 0 Å². The Bertz CT molecular complexity index is 352. The first-order valence-corrected chi connectivity index (χ1v) is 6.74. The number of carbonyl (C=O) groups excluding carboxylic acids is 2. The molecule has 0 unspecified atom stereocenters. The minimum Gasteiger partial charge on any atom is -0.294 e. The van der Waals surface area contributed by atoms with E-state index in [0.29, 0.717) is 17.3 Å². The van der Waals surface area contributed by atoms with Gasteiger partial charge in [0.2, 0.25) is 5.91 Å². The molecular formula is C12H18N2O2S. The quantitative estimate of drug-likeness (QED) is 0.557. The minimum atomic E-state index is -0.576. The number of aliphatic imine (C=N–C) groups is 1. The first-order chi connectivity index (χ1) is 8.11. The first kappa shape index (κ1) is 14.0. The van der Waals surface area contributed by atoms with Crippen LogP contribution in [0.1, 0.15) is 26.2 Å². The molecule has 1 rings (SSSR count). The minimum absolute atomic E-state index is 0.134. The molecule has 0 aromatic heterocycles. The van der Waals surface area contributed by atoms with Gasteiger partial charge in [0.25, 0.3) is 5.91 Å². The number of thioether (sulfide) groups is 1. The van der Waals surface area contributed by atoms with Gasteiger partial charge in [-0.2, -0.15) is 4.99 Å². The number of hydrogen-bond acceptors (Lipinski definition) is 3. The molecule has 0 radical (unpaired) electrons. The lowest BCUT2D eigenvalue weighted by Crippen LogP contribution is -2.44. The molecule has 5 heteroatoms. The number of rotatable bonds is 5. The average molecular weight is 254 g/mol. The summed E-state index contributed by atoms with van der Waals surface area (Å²) >= 11 is 1.36. The molecule has 0 N–H and O–H groups in total. The van der Waals surface area contributed by atoms with Crippen molar-refractivity contribution in [1.82, 2.24) is 4.90 Å². The lowest BCUT2D eigenvalue weighted by atomic mass is 9.99. The summed E-state index contributed by atoms with van der Waals surface area (Å²) in [6.07, 6.45) is 4.17. The van der Waals surface area contributed by atoms with Gasteiger partial charge in [-0.1, -0.05) is 37.6 Å². The van der Waals surface area contributed by atoms with E-state index in [9.17, 15) is 9.59 Å².